The standard InChI is InChI=1S/C15H19N3O3.C3H4.C2H6/c1-5-10-11(6-2)18-9-16-13(15(20)21-7-3)12(18)8-17(4)14(10)19;1-3-2;1-2/h5-6,9H,7-8H2,1-4H3;1H,2H3;1-2H3/b10-5+,11-6+;;. The molecule has 2 heterocycles. The molecule has 6 heteroatoms. The van der Waals surface area contributed by atoms with Gasteiger partial charge in [-0.15, -0.1) is 12.3 Å². The molecule has 1 amide bonds. The highest BCUT2D eigenvalue weighted by molar-refractivity contribution is 6.06. The summed E-state index contributed by atoms with van der Waals surface area (Å²) in [6, 6.07) is 0. The van der Waals surface area contributed by atoms with E-state index in [9.17, 15) is 9.59 Å². The molecule has 0 saturated heterocycles. The minimum Gasteiger partial charge on any atom is -0.461 e. The topological polar surface area (TPSA) is 64.4 Å². The summed E-state index contributed by atoms with van der Waals surface area (Å²) >= 11 is 0. The number of carbonyl (C=O) groups is 2. The molecule has 0 N–H and O–H groups in total. The summed E-state index contributed by atoms with van der Waals surface area (Å²) in [5.41, 5.74) is 2.24. The van der Waals surface area contributed by atoms with Gasteiger partial charge in [-0.1, -0.05) is 26.0 Å². The Morgan fingerprint density at radius 1 is 1.38 bits per heavy atom. The van der Waals surface area contributed by atoms with Gasteiger partial charge in [0.05, 0.1) is 30.1 Å². The number of aromatic nitrogens is 2. The second-order valence-corrected chi connectivity index (χ2v) is 4.96. The molecule has 1 aromatic rings. The van der Waals surface area contributed by atoms with E-state index in [0.29, 0.717) is 17.8 Å². The van der Waals surface area contributed by atoms with E-state index in [1.54, 1.807) is 42.8 Å². The molecular weight excluding hydrogens is 330 g/mol. The minimum atomic E-state index is -0.466. The summed E-state index contributed by atoms with van der Waals surface area (Å²) in [5.74, 6) is 1.70. The molecule has 0 unspecified atom stereocenters. The van der Waals surface area contributed by atoms with Crippen LogP contribution in [-0.4, -0.2) is 40.0 Å². The van der Waals surface area contributed by atoms with Crippen LogP contribution in [-0.2, 0) is 16.1 Å². The Labute approximate surface area is 156 Å². The molecule has 2 rings (SSSR count). The van der Waals surface area contributed by atoms with Crippen LogP contribution in [0.5, 0.6) is 0 Å². The maximum absolute atomic E-state index is 12.4. The second-order valence-electron chi connectivity index (χ2n) is 4.96. The van der Waals surface area contributed by atoms with Crippen molar-refractivity contribution in [1.82, 2.24) is 14.5 Å². The number of hydrogen-bond donors (Lipinski definition) is 0. The van der Waals surface area contributed by atoms with E-state index in [1.807, 2.05) is 33.8 Å². The number of fused-ring (bicyclic) bond motifs is 1. The largest absolute Gasteiger partial charge is 0.461 e. The molecule has 6 nitrogen and oxygen atoms in total. The van der Waals surface area contributed by atoms with Gasteiger partial charge in [0.25, 0.3) is 5.91 Å². The van der Waals surface area contributed by atoms with Gasteiger partial charge in [-0.25, -0.2) is 9.78 Å². The first-order chi connectivity index (χ1) is 12.5. The fourth-order valence-electron chi connectivity index (χ4n) is 2.41. The van der Waals surface area contributed by atoms with Crippen LogP contribution >= 0.6 is 0 Å². The molecule has 0 bridgehead atoms. The molecule has 0 radical (unpaired) electrons. The second kappa shape index (κ2) is 11.7. The first kappa shape index (κ1) is 23.2. The van der Waals surface area contributed by atoms with Gasteiger partial charge in [0.2, 0.25) is 0 Å². The smallest absolute Gasteiger partial charge is 0.358 e. The van der Waals surface area contributed by atoms with Crippen LogP contribution in [0.15, 0.2) is 24.1 Å². The Morgan fingerprint density at radius 2 is 1.96 bits per heavy atom. The molecule has 26 heavy (non-hydrogen) atoms. The lowest BCUT2D eigenvalue weighted by Gasteiger charge is -2.14. The lowest BCUT2D eigenvalue weighted by Crippen LogP contribution is -2.26. The third-order valence-corrected chi connectivity index (χ3v) is 3.40. The summed E-state index contributed by atoms with van der Waals surface area (Å²) in [4.78, 5) is 30.1. The number of ether oxygens (including phenoxy) is 1. The normalized spacial score (nSPS) is 15.8. The van der Waals surface area contributed by atoms with Crippen molar-refractivity contribution in [3.05, 3.63) is 35.4 Å². The monoisotopic (exact) mass is 359 g/mol. The van der Waals surface area contributed by atoms with Gasteiger partial charge in [0.15, 0.2) is 5.69 Å². The maximum atomic E-state index is 12.4. The summed E-state index contributed by atoms with van der Waals surface area (Å²) in [6.07, 6.45) is 9.77. The first-order valence-corrected chi connectivity index (χ1v) is 8.66. The third-order valence-electron chi connectivity index (χ3n) is 3.40. The Bertz CT molecular complexity index is 721. The van der Waals surface area contributed by atoms with E-state index in [0.717, 1.165) is 5.70 Å². The highest BCUT2D eigenvalue weighted by atomic mass is 16.5. The number of likely N-dealkylation sites (N-methyl/N-ethyl adjacent to an activating group) is 1. The van der Waals surface area contributed by atoms with Crippen molar-refractivity contribution in [1.29, 1.82) is 0 Å². The summed E-state index contributed by atoms with van der Waals surface area (Å²) < 4.78 is 6.81. The fourth-order valence-corrected chi connectivity index (χ4v) is 2.41. The highest BCUT2D eigenvalue weighted by Crippen LogP contribution is 2.27. The number of amides is 1. The van der Waals surface area contributed by atoms with Gasteiger partial charge < -0.3 is 14.2 Å². The van der Waals surface area contributed by atoms with E-state index in [-0.39, 0.29) is 18.2 Å². The number of terminal acetylenes is 1. The van der Waals surface area contributed by atoms with Crippen molar-refractivity contribution in [2.24, 2.45) is 0 Å². The van der Waals surface area contributed by atoms with Crippen LogP contribution in [0.1, 0.15) is 57.7 Å². The average molecular weight is 359 g/mol. The molecule has 1 aliphatic rings. The number of hydrogen-bond acceptors (Lipinski definition) is 4. The summed E-state index contributed by atoms with van der Waals surface area (Å²) in [5, 5.41) is 0. The Hall–Kier alpha value is -2.81. The molecular formula is C20H29N3O3. The molecule has 142 valence electrons. The quantitative estimate of drug-likeness (QED) is 0.460. The van der Waals surface area contributed by atoms with Gasteiger partial charge in [0.1, 0.15) is 6.33 Å². The third kappa shape index (κ3) is 5.09. The molecule has 1 aliphatic heterocycles. The predicted octanol–water partition coefficient (Wildman–Crippen LogP) is 3.50. The number of carbonyl (C=O) groups excluding carboxylic acids is 2. The van der Waals surface area contributed by atoms with E-state index in [2.05, 4.69) is 17.3 Å². The molecule has 1 aromatic heterocycles. The zero-order chi connectivity index (χ0) is 20.3. The molecule has 0 saturated carbocycles. The van der Waals surface area contributed by atoms with E-state index < -0.39 is 5.97 Å². The Morgan fingerprint density at radius 3 is 2.42 bits per heavy atom. The Balaban J connectivity index is 0.00000113. The number of allylic oxidation sites excluding steroid dienone is 2. The van der Waals surface area contributed by atoms with Crippen LogP contribution in [0.25, 0.3) is 5.70 Å². The van der Waals surface area contributed by atoms with Crippen LogP contribution in [0, 0.1) is 12.3 Å². The highest BCUT2D eigenvalue weighted by Gasteiger charge is 2.29. The fraction of sp³-hybridized carbons (Fsp3) is 0.450. The predicted molar refractivity (Wildman–Crippen MR) is 104 cm³/mol. The van der Waals surface area contributed by atoms with Crippen LogP contribution < -0.4 is 0 Å². The average Bonchev–Trinajstić information content (AvgIpc) is 3.00. The van der Waals surface area contributed by atoms with Crippen molar-refractivity contribution in [2.45, 2.75) is 48.1 Å². The summed E-state index contributed by atoms with van der Waals surface area (Å²) in [6.45, 7) is 11.7. The van der Waals surface area contributed by atoms with Gasteiger partial charge in [-0.3, -0.25) is 4.79 Å². The maximum Gasteiger partial charge on any atom is 0.358 e. The van der Waals surface area contributed by atoms with Gasteiger partial charge in [-0.2, -0.15) is 0 Å². The summed E-state index contributed by atoms with van der Waals surface area (Å²) in [7, 11) is 1.71. The molecule has 0 fully saturated rings. The van der Waals surface area contributed by atoms with Crippen molar-refractivity contribution < 1.29 is 14.3 Å². The number of rotatable bonds is 2. The minimum absolute atomic E-state index is 0.0795. The number of esters is 1. The van der Waals surface area contributed by atoms with Crippen molar-refractivity contribution in [2.75, 3.05) is 13.7 Å². The van der Waals surface area contributed by atoms with Crippen molar-refractivity contribution in [3.63, 3.8) is 0 Å². The molecule has 0 aromatic carbocycles. The van der Waals surface area contributed by atoms with Gasteiger partial charge in [0, 0.05) is 7.05 Å². The Kier molecular flexibility index (Phi) is 10.4. The number of imidazole rings is 1. The molecule has 0 atom stereocenters. The molecule has 0 spiro atoms. The van der Waals surface area contributed by atoms with Crippen molar-refractivity contribution in [3.8, 4) is 12.3 Å². The zero-order valence-electron chi connectivity index (χ0n) is 16.8. The first-order valence-electron chi connectivity index (χ1n) is 8.66. The van der Waals surface area contributed by atoms with Gasteiger partial charge in [-0.05, 0) is 27.7 Å². The van der Waals surface area contributed by atoms with E-state index in [1.165, 1.54) is 0 Å². The van der Waals surface area contributed by atoms with Gasteiger partial charge >= 0.3 is 5.97 Å². The lowest BCUT2D eigenvalue weighted by molar-refractivity contribution is -0.125. The molecule has 0 aliphatic carbocycles. The van der Waals surface area contributed by atoms with E-state index in [4.69, 9.17) is 4.74 Å². The van der Waals surface area contributed by atoms with E-state index >= 15 is 0 Å². The zero-order valence-corrected chi connectivity index (χ0v) is 16.8. The van der Waals surface area contributed by atoms with Crippen LogP contribution in [0.2, 0.25) is 0 Å². The van der Waals surface area contributed by atoms with Crippen LogP contribution in [0.4, 0.5) is 0 Å². The van der Waals surface area contributed by atoms with Crippen molar-refractivity contribution >= 4 is 17.6 Å². The van der Waals surface area contributed by atoms with Crippen LogP contribution in [0.3, 0.4) is 0 Å². The lowest BCUT2D eigenvalue weighted by atomic mass is 10.1. The SMILES string of the molecule is C#CC.C/C=C1/C(=O)N(C)Cc2c(C(=O)OCC)ncn2/C1=C/C.CC. The number of nitrogens with zero attached hydrogens (tertiary/aromatic N) is 3.